The molecule has 1 rings (SSSR count). The molecular formula is C3H6BF4NO. The molecule has 1 aliphatic rings. The van der Waals surface area contributed by atoms with E-state index >= 15 is 0 Å². The second-order valence-electron chi connectivity index (χ2n) is 1.45. The largest absolute Gasteiger partial charge is 0.673 e. The molecule has 1 N–H and O–H groups in total. The molecule has 0 atom stereocenters. The Labute approximate surface area is 54.9 Å². The van der Waals surface area contributed by atoms with Crippen LogP contribution >= 0.6 is 0 Å². The Morgan fingerprint density at radius 1 is 1.30 bits per heavy atom. The lowest BCUT2D eigenvalue weighted by atomic mass is 10.3. The first kappa shape index (κ1) is 9.25. The Morgan fingerprint density at radius 3 is 1.90 bits per heavy atom. The first-order chi connectivity index (χ1) is 4.50. The zero-order valence-electron chi connectivity index (χ0n) is 4.99. The average molecular weight is 159 g/mol. The number of rotatable bonds is 0. The Balaban J connectivity index is 0.000000162. The summed E-state index contributed by atoms with van der Waals surface area (Å²) in [6.07, 6.45) is 2.93. The van der Waals surface area contributed by atoms with Crippen LogP contribution in [0.3, 0.4) is 0 Å². The monoisotopic (exact) mass is 159 g/mol. The van der Waals surface area contributed by atoms with Crippen LogP contribution in [-0.2, 0) is 4.84 Å². The molecule has 0 spiro atoms. The van der Waals surface area contributed by atoms with Gasteiger partial charge in [-0.15, -0.1) is 0 Å². The molecule has 0 fully saturated rings. The highest BCUT2D eigenvalue weighted by Gasteiger charge is 2.20. The highest BCUT2D eigenvalue weighted by atomic mass is 19.5. The minimum Gasteiger partial charge on any atom is -0.418 e. The fourth-order valence-electron chi connectivity index (χ4n) is 0.295. The first-order valence-corrected chi connectivity index (χ1v) is 2.56. The van der Waals surface area contributed by atoms with Crippen molar-refractivity contribution in [2.24, 2.45) is 0 Å². The number of nitrogens with one attached hydrogen (secondary N) is 1. The molecular weight excluding hydrogens is 153 g/mol. The van der Waals surface area contributed by atoms with Gasteiger partial charge in [0.1, 0.15) is 0 Å². The van der Waals surface area contributed by atoms with Gasteiger partial charge >= 0.3 is 7.25 Å². The lowest BCUT2D eigenvalue weighted by Gasteiger charge is -1.94. The summed E-state index contributed by atoms with van der Waals surface area (Å²) in [6, 6.07) is 0. The van der Waals surface area contributed by atoms with Crippen molar-refractivity contribution in [2.45, 2.75) is 6.42 Å². The van der Waals surface area contributed by atoms with E-state index in [-0.39, 0.29) is 0 Å². The van der Waals surface area contributed by atoms with E-state index in [2.05, 4.69) is 9.99 Å². The van der Waals surface area contributed by atoms with Gasteiger partial charge in [-0.2, -0.15) is 0 Å². The Morgan fingerprint density at radius 2 is 1.80 bits per heavy atom. The van der Waals surface area contributed by atoms with Crippen molar-refractivity contribution < 1.29 is 27.3 Å². The smallest absolute Gasteiger partial charge is 0.418 e. The fraction of sp³-hybridized carbons (Fsp3) is 0.667. The van der Waals surface area contributed by atoms with Gasteiger partial charge in [0.2, 0.25) is 0 Å². The molecule has 0 saturated heterocycles. The fourth-order valence-corrected chi connectivity index (χ4v) is 0.295. The van der Waals surface area contributed by atoms with Crippen molar-refractivity contribution in [1.82, 2.24) is 0 Å². The minimum atomic E-state index is -6.00. The van der Waals surface area contributed by atoms with Crippen molar-refractivity contribution in [3.63, 3.8) is 0 Å². The lowest BCUT2D eigenvalue weighted by molar-refractivity contribution is -0.739. The Bertz CT molecular complexity index is 102. The molecule has 0 saturated carbocycles. The van der Waals surface area contributed by atoms with Gasteiger partial charge in [0.15, 0.2) is 12.8 Å². The van der Waals surface area contributed by atoms with Crippen molar-refractivity contribution in [2.75, 3.05) is 6.61 Å². The van der Waals surface area contributed by atoms with Gasteiger partial charge in [0.25, 0.3) is 0 Å². The molecule has 0 aromatic heterocycles. The third-order valence-electron chi connectivity index (χ3n) is 0.531. The standard InChI is InChI=1S/C3H5NO.BF4/c1-2-4-5-3-1;2-1(3,4)5/h2H,1,3H2;/q;-1/p+1. The van der Waals surface area contributed by atoms with Gasteiger partial charge in [-0.25, -0.2) is 0 Å². The van der Waals surface area contributed by atoms with Crippen LogP contribution in [-0.4, -0.2) is 20.1 Å². The second kappa shape index (κ2) is 4.13. The van der Waals surface area contributed by atoms with Crippen molar-refractivity contribution in [1.29, 1.82) is 0 Å². The molecule has 2 nitrogen and oxygen atoms in total. The van der Waals surface area contributed by atoms with E-state index in [1.165, 1.54) is 0 Å². The summed E-state index contributed by atoms with van der Waals surface area (Å²) in [5, 5.41) is 2.60. The van der Waals surface area contributed by atoms with Crippen LogP contribution in [0.15, 0.2) is 0 Å². The minimum absolute atomic E-state index is 0.833. The predicted molar refractivity (Wildman–Crippen MR) is 27.8 cm³/mol. The highest BCUT2D eigenvalue weighted by molar-refractivity contribution is 6.50. The molecule has 0 aromatic rings. The summed E-state index contributed by atoms with van der Waals surface area (Å²) in [5.41, 5.74) is 0. The second-order valence-corrected chi connectivity index (χ2v) is 1.45. The molecule has 0 unspecified atom stereocenters. The quantitative estimate of drug-likeness (QED) is 0.383. The van der Waals surface area contributed by atoms with Gasteiger partial charge in [0.05, 0.1) is 6.42 Å². The number of halogens is 4. The third kappa shape index (κ3) is 15.7. The van der Waals surface area contributed by atoms with Crippen LogP contribution in [0.5, 0.6) is 0 Å². The van der Waals surface area contributed by atoms with Gasteiger partial charge in [0, 0.05) is 0 Å². The van der Waals surface area contributed by atoms with Gasteiger partial charge in [-0.3, -0.25) is 4.84 Å². The van der Waals surface area contributed by atoms with Crippen LogP contribution < -0.4 is 5.16 Å². The molecule has 0 radical (unpaired) electrons. The Hall–Kier alpha value is -0.745. The topological polar surface area (TPSA) is 23.2 Å². The summed E-state index contributed by atoms with van der Waals surface area (Å²) in [6.45, 7) is 0.833. The van der Waals surface area contributed by atoms with Crippen molar-refractivity contribution in [3.05, 3.63) is 0 Å². The molecule has 0 bridgehead atoms. The first-order valence-electron chi connectivity index (χ1n) is 2.56. The normalized spacial score (nSPS) is 15.6. The molecule has 60 valence electrons. The molecule has 0 aromatic carbocycles. The highest BCUT2D eigenvalue weighted by Crippen LogP contribution is 2.06. The summed E-state index contributed by atoms with van der Waals surface area (Å²) in [4.78, 5) is 4.64. The van der Waals surface area contributed by atoms with Crippen LogP contribution in [0.4, 0.5) is 17.3 Å². The Kier molecular flexibility index (Phi) is 3.82. The van der Waals surface area contributed by atoms with E-state index in [0.29, 0.717) is 0 Å². The third-order valence-corrected chi connectivity index (χ3v) is 0.531. The summed E-state index contributed by atoms with van der Waals surface area (Å²) >= 11 is 0. The summed E-state index contributed by atoms with van der Waals surface area (Å²) < 4.78 is 39.0. The molecule has 0 aliphatic carbocycles. The van der Waals surface area contributed by atoms with Crippen LogP contribution in [0.2, 0.25) is 0 Å². The van der Waals surface area contributed by atoms with Crippen molar-refractivity contribution in [3.8, 4) is 0 Å². The van der Waals surface area contributed by atoms with E-state index in [4.69, 9.17) is 0 Å². The molecule has 7 heteroatoms. The number of hydrogen-bond donors (Lipinski definition) is 1. The van der Waals surface area contributed by atoms with E-state index < -0.39 is 7.25 Å². The lowest BCUT2D eigenvalue weighted by Crippen LogP contribution is -2.63. The van der Waals surface area contributed by atoms with E-state index in [9.17, 15) is 17.3 Å². The maximum atomic E-state index is 9.75. The molecule has 10 heavy (non-hydrogen) atoms. The van der Waals surface area contributed by atoms with Gasteiger partial charge in [-0.1, -0.05) is 0 Å². The molecule has 1 heterocycles. The zero-order chi connectivity index (χ0) is 8.04. The van der Waals surface area contributed by atoms with Gasteiger partial charge < -0.3 is 17.3 Å². The predicted octanol–water partition coefficient (Wildman–Crippen LogP) is -0.227. The van der Waals surface area contributed by atoms with Crippen LogP contribution in [0, 0.1) is 0 Å². The maximum absolute atomic E-state index is 9.75. The summed E-state index contributed by atoms with van der Waals surface area (Å²) in [5.74, 6) is 0. The number of hydrogen-bond acceptors (Lipinski definition) is 1. The maximum Gasteiger partial charge on any atom is 0.673 e. The zero-order valence-corrected chi connectivity index (χ0v) is 4.99. The average Bonchev–Trinajstić information content (AvgIpc) is 2.07. The van der Waals surface area contributed by atoms with E-state index in [1.807, 2.05) is 6.21 Å². The van der Waals surface area contributed by atoms with E-state index in [1.54, 1.807) is 0 Å². The van der Waals surface area contributed by atoms with Gasteiger partial charge in [-0.05, 0) is 5.16 Å². The van der Waals surface area contributed by atoms with E-state index in [0.717, 1.165) is 13.0 Å². The SMILES string of the molecule is C1=[NH+]OCC1.F[B-](F)(F)F. The van der Waals surface area contributed by atoms with Crippen LogP contribution in [0.25, 0.3) is 0 Å². The van der Waals surface area contributed by atoms with Crippen molar-refractivity contribution >= 4 is 13.5 Å². The molecule has 0 amide bonds. The summed E-state index contributed by atoms with van der Waals surface area (Å²) in [7, 11) is -6.00. The van der Waals surface area contributed by atoms with Crippen LogP contribution in [0.1, 0.15) is 6.42 Å². The molecule has 1 aliphatic heterocycles.